The standard InChI is InChI=1S/C20H22N2O3S2/c1-3-5-10-25-16-9-8-14(12-17(16)24-4-2)19(23)22-20-21-15(13-27-20)18-7-6-11-26-18/h6-9,11-13H,3-5,10H2,1-2H3,(H,21,22,23). The van der Waals surface area contributed by atoms with Crippen LogP contribution in [0.3, 0.4) is 0 Å². The highest BCUT2D eigenvalue weighted by Crippen LogP contribution is 2.31. The van der Waals surface area contributed by atoms with Crippen molar-refractivity contribution in [3.63, 3.8) is 0 Å². The van der Waals surface area contributed by atoms with Gasteiger partial charge >= 0.3 is 0 Å². The van der Waals surface area contributed by atoms with E-state index in [1.165, 1.54) is 11.3 Å². The molecule has 0 spiro atoms. The summed E-state index contributed by atoms with van der Waals surface area (Å²) in [5, 5.41) is 7.38. The topological polar surface area (TPSA) is 60.5 Å². The van der Waals surface area contributed by atoms with Gasteiger partial charge in [0.1, 0.15) is 0 Å². The molecule has 0 bridgehead atoms. The van der Waals surface area contributed by atoms with E-state index in [-0.39, 0.29) is 5.91 Å². The van der Waals surface area contributed by atoms with Gasteiger partial charge in [0.2, 0.25) is 0 Å². The van der Waals surface area contributed by atoms with Gasteiger partial charge in [0.25, 0.3) is 5.91 Å². The Hall–Kier alpha value is -2.38. The number of thiophene rings is 1. The zero-order chi connectivity index (χ0) is 19.1. The van der Waals surface area contributed by atoms with Crippen molar-refractivity contribution < 1.29 is 14.3 Å². The summed E-state index contributed by atoms with van der Waals surface area (Å²) in [4.78, 5) is 18.2. The van der Waals surface area contributed by atoms with E-state index in [4.69, 9.17) is 9.47 Å². The third-order valence-corrected chi connectivity index (χ3v) is 5.41. The highest BCUT2D eigenvalue weighted by molar-refractivity contribution is 7.16. The molecule has 0 radical (unpaired) electrons. The summed E-state index contributed by atoms with van der Waals surface area (Å²) in [5.41, 5.74) is 1.38. The second-order valence-corrected chi connectivity index (χ2v) is 7.57. The maximum absolute atomic E-state index is 12.6. The number of thiazole rings is 1. The molecule has 3 aromatic rings. The van der Waals surface area contributed by atoms with Crippen LogP contribution in [0.25, 0.3) is 10.6 Å². The third-order valence-electron chi connectivity index (χ3n) is 3.76. The number of nitrogens with zero attached hydrogens (tertiary/aromatic N) is 1. The van der Waals surface area contributed by atoms with E-state index >= 15 is 0 Å². The second-order valence-electron chi connectivity index (χ2n) is 5.77. The minimum Gasteiger partial charge on any atom is -0.490 e. The molecule has 0 atom stereocenters. The van der Waals surface area contributed by atoms with Crippen molar-refractivity contribution in [2.75, 3.05) is 18.5 Å². The summed E-state index contributed by atoms with van der Waals surface area (Å²) in [6.45, 7) is 5.16. The zero-order valence-corrected chi connectivity index (χ0v) is 17.0. The molecular formula is C20H22N2O3S2. The van der Waals surface area contributed by atoms with Crippen molar-refractivity contribution in [3.05, 3.63) is 46.7 Å². The number of carbonyl (C=O) groups is 1. The molecule has 1 aromatic carbocycles. The number of carbonyl (C=O) groups excluding carboxylic acids is 1. The lowest BCUT2D eigenvalue weighted by Crippen LogP contribution is -2.12. The van der Waals surface area contributed by atoms with Crippen molar-refractivity contribution >= 4 is 33.7 Å². The quantitative estimate of drug-likeness (QED) is 0.466. The average Bonchev–Trinajstić information content (AvgIpc) is 3.35. The monoisotopic (exact) mass is 402 g/mol. The van der Waals surface area contributed by atoms with Gasteiger partial charge in [-0.1, -0.05) is 19.4 Å². The van der Waals surface area contributed by atoms with Gasteiger partial charge in [0.05, 0.1) is 23.8 Å². The molecule has 0 saturated carbocycles. The molecule has 0 aliphatic heterocycles. The molecule has 27 heavy (non-hydrogen) atoms. The molecule has 3 rings (SSSR count). The van der Waals surface area contributed by atoms with E-state index in [9.17, 15) is 4.79 Å². The number of rotatable bonds is 9. The van der Waals surface area contributed by atoms with Crippen LogP contribution >= 0.6 is 22.7 Å². The fourth-order valence-corrected chi connectivity index (χ4v) is 3.87. The smallest absolute Gasteiger partial charge is 0.257 e. The Bertz CT molecular complexity index is 875. The molecule has 0 aliphatic rings. The summed E-state index contributed by atoms with van der Waals surface area (Å²) < 4.78 is 11.4. The van der Waals surface area contributed by atoms with E-state index in [2.05, 4.69) is 17.2 Å². The first-order chi connectivity index (χ1) is 13.2. The van der Waals surface area contributed by atoms with E-state index in [0.717, 1.165) is 23.4 Å². The highest BCUT2D eigenvalue weighted by Gasteiger charge is 2.14. The van der Waals surface area contributed by atoms with Gasteiger partial charge in [0.15, 0.2) is 16.6 Å². The molecule has 1 N–H and O–H groups in total. The number of anilines is 1. The normalized spacial score (nSPS) is 10.6. The van der Waals surface area contributed by atoms with Crippen molar-refractivity contribution in [2.45, 2.75) is 26.7 Å². The maximum Gasteiger partial charge on any atom is 0.257 e. The Morgan fingerprint density at radius 1 is 1.15 bits per heavy atom. The number of nitrogens with one attached hydrogen (secondary N) is 1. The van der Waals surface area contributed by atoms with Gasteiger partial charge in [-0.05, 0) is 43.0 Å². The third kappa shape index (κ3) is 5.08. The molecule has 2 heterocycles. The molecule has 0 fully saturated rings. The van der Waals surface area contributed by atoms with Crippen LogP contribution in [0.2, 0.25) is 0 Å². The minimum absolute atomic E-state index is 0.219. The fourth-order valence-electron chi connectivity index (χ4n) is 2.40. The summed E-state index contributed by atoms with van der Waals surface area (Å²) in [7, 11) is 0. The highest BCUT2D eigenvalue weighted by atomic mass is 32.1. The average molecular weight is 403 g/mol. The van der Waals surface area contributed by atoms with Gasteiger partial charge in [-0.2, -0.15) is 0 Å². The Morgan fingerprint density at radius 2 is 2.04 bits per heavy atom. The summed E-state index contributed by atoms with van der Waals surface area (Å²) in [5.74, 6) is 1.03. The van der Waals surface area contributed by atoms with Gasteiger partial charge in [-0.15, -0.1) is 22.7 Å². The number of amides is 1. The Balaban J connectivity index is 1.71. The Kier molecular flexibility index (Phi) is 6.84. The Morgan fingerprint density at radius 3 is 2.78 bits per heavy atom. The predicted octanol–water partition coefficient (Wildman–Crippen LogP) is 5.70. The largest absolute Gasteiger partial charge is 0.490 e. The lowest BCUT2D eigenvalue weighted by atomic mass is 10.2. The first-order valence-electron chi connectivity index (χ1n) is 8.91. The molecule has 142 valence electrons. The van der Waals surface area contributed by atoms with Crippen molar-refractivity contribution in [1.82, 2.24) is 4.98 Å². The van der Waals surface area contributed by atoms with Gasteiger partial charge in [0, 0.05) is 10.9 Å². The number of ether oxygens (including phenoxy) is 2. The summed E-state index contributed by atoms with van der Waals surface area (Å²) in [6.07, 6.45) is 2.04. The summed E-state index contributed by atoms with van der Waals surface area (Å²) >= 11 is 3.03. The molecule has 5 nitrogen and oxygen atoms in total. The first kappa shape index (κ1) is 19.4. The van der Waals surface area contributed by atoms with Crippen LogP contribution in [0, 0.1) is 0 Å². The molecule has 1 amide bonds. The van der Waals surface area contributed by atoms with Gasteiger partial charge in [-0.25, -0.2) is 4.98 Å². The van der Waals surface area contributed by atoms with Crippen molar-refractivity contribution in [2.24, 2.45) is 0 Å². The second kappa shape index (κ2) is 9.53. The van der Waals surface area contributed by atoms with Crippen molar-refractivity contribution in [1.29, 1.82) is 0 Å². The van der Waals surface area contributed by atoms with Crippen LogP contribution in [0.5, 0.6) is 11.5 Å². The number of benzene rings is 1. The lowest BCUT2D eigenvalue weighted by Gasteiger charge is -2.13. The molecule has 0 aliphatic carbocycles. The number of unbranched alkanes of at least 4 members (excludes halogenated alkanes) is 1. The lowest BCUT2D eigenvalue weighted by molar-refractivity contribution is 0.102. The van der Waals surface area contributed by atoms with E-state index < -0.39 is 0 Å². The maximum atomic E-state index is 12.6. The first-order valence-corrected chi connectivity index (χ1v) is 10.7. The number of aromatic nitrogens is 1. The molecule has 0 unspecified atom stereocenters. The fraction of sp³-hybridized carbons (Fsp3) is 0.300. The molecule has 7 heteroatoms. The molecule has 2 aromatic heterocycles. The molecular weight excluding hydrogens is 380 g/mol. The number of hydrogen-bond acceptors (Lipinski definition) is 6. The van der Waals surface area contributed by atoms with E-state index in [0.29, 0.717) is 35.4 Å². The van der Waals surface area contributed by atoms with Crippen molar-refractivity contribution in [3.8, 4) is 22.1 Å². The predicted molar refractivity (Wildman–Crippen MR) is 111 cm³/mol. The van der Waals surface area contributed by atoms with Gasteiger partial charge in [-0.3, -0.25) is 10.1 Å². The van der Waals surface area contributed by atoms with Crippen LogP contribution in [0.4, 0.5) is 5.13 Å². The Labute approximate surface area is 167 Å². The van der Waals surface area contributed by atoms with Crippen LogP contribution in [-0.2, 0) is 0 Å². The summed E-state index contributed by atoms with van der Waals surface area (Å²) in [6, 6.07) is 9.24. The zero-order valence-electron chi connectivity index (χ0n) is 15.4. The van der Waals surface area contributed by atoms with Crippen LogP contribution < -0.4 is 14.8 Å². The number of hydrogen-bond donors (Lipinski definition) is 1. The van der Waals surface area contributed by atoms with Crippen LogP contribution in [0.1, 0.15) is 37.0 Å². The van der Waals surface area contributed by atoms with Crippen LogP contribution in [-0.4, -0.2) is 24.1 Å². The SMILES string of the molecule is CCCCOc1ccc(C(=O)Nc2nc(-c3cccs3)cs2)cc1OCC. The van der Waals surface area contributed by atoms with Gasteiger partial charge < -0.3 is 9.47 Å². The molecule has 0 saturated heterocycles. The van der Waals surface area contributed by atoms with Crippen LogP contribution in [0.15, 0.2) is 41.1 Å². The van der Waals surface area contributed by atoms with E-state index in [1.54, 1.807) is 29.5 Å². The van der Waals surface area contributed by atoms with E-state index in [1.807, 2.05) is 29.8 Å². The minimum atomic E-state index is -0.219.